The van der Waals surface area contributed by atoms with Gasteiger partial charge in [-0.1, -0.05) is 24.3 Å². The van der Waals surface area contributed by atoms with E-state index in [0.29, 0.717) is 17.4 Å². The van der Waals surface area contributed by atoms with Gasteiger partial charge in [0.05, 0.1) is 27.8 Å². The molecule has 0 N–H and O–H groups in total. The maximum absolute atomic E-state index is 12.4. The molecule has 0 saturated heterocycles. The minimum absolute atomic E-state index is 0.147. The molecule has 0 saturated carbocycles. The minimum Gasteiger partial charge on any atom is -0.269 e. The molecule has 0 aliphatic carbocycles. The van der Waals surface area contributed by atoms with Gasteiger partial charge in [0, 0.05) is 7.05 Å². The Morgan fingerprint density at radius 3 is 2.76 bits per heavy atom. The monoisotopic (exact) mass is 347 g/mol. The molecule has 2 aromatic heterocycles. The van der Waals surface area contributed by atoms with Crippen molar-refractivity contribution in [2.75, 3.05) is 0 Å². The van der Waals surface area contributed by atoms with E-state index in [1.807, 2.05) is 26.1 Å². The lowest BCUT2D eigenvalue weighted by atomic mass is 10.2. The molecule has 6 nitrogen and oxygen atoms in total. The van der Waals surface area contributed by atoms with E-state index >= 15 is 0 Å². The number of hydrogen-bond donors (Lipinski definition) is 0. The summed E-state index contributed by atoms with van der Waals surface area (Å²) < 4.78 is 4.06. The molecule has 0 radical (unpaired) electrons. The lowest BCUT2D eigenvalue weighted by molar-refractivity contribution is 0.564. The van der Waals surface area contributed by atoms with E-state index in [9.17, 15) is 4.79 Å². The lowest BCUT2D eigenvalue weighted by Crippen LogP contribution is -2.25. The zero-order chi connectivity index (χ0) is 15.0. The molecule has 0 amide bonds. The average Bonchev–Trinajstić information content (AvgIpc) is 2.77. The third-order valence-electron chi connectivity index (χ3n) is 3.43. The molecule has 21 heavy (non-hydrogen) atoms. The fourth-order valence-corrected chi connectivity index (χ4v) is 3.00. The van der Waals surface area contributed by atoms with Crippen molar-refractivity contribution >= 4 is 26.8 Å². The van der Waals surface area contributed by atoms with Gasteiger partial charge in [0.1, 0.15) is 5.52 Å². The Bertz CT molecular complexity index is 867. The molecule has 1 aromatic carbocycles. The van der Waals surface area contributed by atoms with Crippen LogP contribution in [0.5, 0.6) is 0 Å². The summed E-state index contributed by atoms with van der Waals surface area (Å²) in [5.41, 5.74) is 2.33. The molecular weight excluding hydrogens is 334 g/mol. The first-order chi connectivity index (χ1) is 10.1. The second kappa shape index (κ2) is 5.40. The predicted octanol–water partition coefficient (Wildman–Crippen LogP) is 1.90. The van der Waals surface area contributed by atoms with Gasteiger partial charge in [0.25, 0.3) is 5.56 Å². The average molecular weight is 348 g/mol. The molecule has 0 aliphatic rings. The summed E-state index contributed by atoms with van der Waals surface area (Å²) in [5.74, 6) is 0. The van der Waals surface area contributed by atoms with Crippen LogP contribution < -0.4 is 5.56 Å². The third kappa shape index (κ3) is 2.37. The Kier molecular flexibility index (Phi) is 3.59. The van der Waals surface area contributed by atoms with Gasteiger partial charge >= 0.3 is 0 Å². The number of benzene rings is 1. The van der Waals surface area contributed by atoms with Crippen LogP contribution in [0.1, 0.15) is 18.3 Å². The molecule has 0 bridgehead atoms. The number of aromatic nitrogens is 5. The molecule has 0 spiro atoms. The highest BCUT2D eigenvalue weighted by atomic mass is 79.9. The van der Waals surface area contributed by atoms with Gasteiger partial charge in [-0.05, 0) is 34.5 Å². The molecular formula is C14H14BrN5O. The van der Waals surface area contributed by atoms with Crippen LogP contribution >= 0.6 is 15.9 Å². The Labute approximate surface area is 129 Å². The minimum atomic E-state index is -0.147. The Balaban J connectivity index is 2.09. The Morgan fingerprint density at radius 1 is 1.29 bits per heavy atom. The standard InChI is InChI=1S/C14H14BrN5O/c1-3-10-13(15)12(19(2)17-10)8-20-14(21)9-6-4-5-7-11(9)16-18-20/h4-7H,3,8H2,1-2H3. The summed E-state index contributed by atoms with van der Waals surface area (Å²) in [6.07, 6.45) is 0.826. The van der Waals surface area contributed by atoms with E-state index in [4.69, 9.17) is 0 Å². The SMILES string of the molecule is CCc1nn(C)c(Cn2nnc3ccccc3c2=O)c1Br. The zero-order valence-corrected chi connectivity index (χ0v) is 13.3. The van der Waals surface area contributed by atoms with Crippen LogP contribution in [-0.2, 0) is 20.0 Å². The summed E-state index contributed by atoms with van der Waals surface area (Å²) >= 11 is 3.55. The van der Waals surface area contributed by atoms with Crippen molar-refractivity contribution < 1.29 is 0 Å². The van der Waals surface area contributed by atoms with Crippen LogP contribution in [0.15, 0.2) is 33.5 Å². The van der Waals surface area contributed by atoms with Gasteiger partial charge in [0.2, 0.25) is 0 Å². The summed E-state index contributed by atoms with van der Waals surface area (Å²) in [5, 5.41) is 13.1. The number of halogens is 1. The zero-order valence-electron chi connectivity index (χ0n) is 11.7. The highest BCUT2D eigenvalue weighted by Gasteiger charge is 2.15. The first-order valence-electron chi connectivity index (χ1n) is 6.64. The fourth-order valence-electron chi connectivity index (χ4n) is 2.26. The molecule has 0 aliphatic heterocycles. The molecule has 3 aromatic rings. The van der Waals surface area contributed by atoms with Crippen molar-refractivity contribution in [1.82, 2.24) is 24.8 Å². The summed E-state index contributed by atoms with van der Waals surface area (Å²) in [7, 11) is 1.86. The second-order valence-electron chi connectivity index (χ2n) is 4.75. The number of nitrogens with zero attached hydrogens (tertiary/aromatic N) is 5. The van der Waals surface area contributed by atoms with E-state index in [1.165, 1.54) is 4.68 Å². The maximum atomic E-state index is 12.4. The molecule has 2 heterocycles. The largest absolute Gasteiger partial charge is 0.277 e. The summed E-state index contributed by atoms with van der Waals surface area (Å²) in [6, 6.07) is 7.21. The van der Waals surface area contributed by atoms with E-state index in [2.05, 4.69) is 31.3 Å². The lowest BCUT2D eigenvalue weighted by Gasteiger charge is -2.06. The van der Waals surface area contributed by atoms with Gasteiger partial charge < -0.3 is 0 Å². The third-order valence-corrected chi connectivity index (χ3v) is 4.35. The van der Waals surface area contributed by atoms with Crippen molar-refractivity contribution in [3.63, 3.8) is 0 Å². The Hall–Kier alpha value is -2.02. The van der Waals surface area contributed by atoms with Gasteiger partial charge in [-0.3, -0.25) is 9.48 Å². The molecule has 0 fully saturated rings. The smallest absolute Gasteiger partial charge is 0.269 e. The van der Waals surface area contributed by atoms with Crippen molar-refractivity contribution in [2.24, 2.45) is 7.05 Å². The van der Waals surface area contributed by atoms with Gasteiger partial charge in [-0.2, -0.15) is 5.10 Å². The topological polar surface area (TPSA) is 65.6 Å². The summed E-state index contributed by atoms with van der Waals surface area (Å²) in [4.78, 5) is 12.4. The highest BCUT2D eigenvalue weighted by molar-refractivity contribution is 9.10. The van der Waals surface area contributed by atoms with E-state index in [-0.39, 0.29) is 5.56 Å². The van der Waals surface area contributed by atoms with E-state index < -0.39 is 0 Å². The molecule has 7 heteroatoms. The second-order valence-corrected chi connectivity index (χ2v) is 5.55. The van der Waals surface area contributed by atoms with Crippen LogP contribution in [-0.4, -0.2) is 24.8 Å². The van der Waals surface area contributed by atoms with Crippen LogP contribution in [0.3, 0.4) is 0 Å². The predicted molar refractivity (Wildman–Crippen MR) is 83.2 cm³/mol. The van der Waals surface area contributed by atoms with Crippen LogP contribution in [0.25, 0.3) is 10.9 Å². The number of aryl methyl sites for hydroxylation is 2. The molecule has 108 valence electrons. The van der Waals surface area contributed by atoms with Crippen molar-refractivity contribution in [1.29, 1.82) is 0 Å². The Morgan fingerprint density at radius 2 is 2.05 bits per heavy atom. The van der Waals surface area contributed by atoms with Crippen molar-refractivity contribution in [3.05, 3.63) is 50.5 Å². The van der Waals surface area contributed by atoms with E-state index in [1.54, 1.807) is 16.8 Å². The number of fused-ring (bicyclic) bond motifs is 1. The van der Waals surface area contributed by atoms with Crippen molar-refractivity contribution in [2.45, 2.75) is 19.9 Å². The highest BCUT2D eigenvalue weighted by Crippen LogP contribution is 2.21. The van der Waals surface area contributed by atoms with Crippen LogP contribution in [0.2, 0.25) is 0 Å². The maximum Gasteiger partial charge on any atom is 0.277 e. The first kappa shape index (κ1) is 13.9. The molecule has 0 atom stereocenters. The van der Waals surface area contributed by atoms with Crippen LogP contribution in [0.4, 0.5) is 0 Å². The van der Waals surface area contributed by atoms with Gasteiger partial charge in [-0.15, -0.1) is 5.10 Å². The van der Waals surface area contributed by atoms with E-state index in [0.717, 1.165) is 22.3 Å². The van der Waals surface area contributed by atoms with Crippen LogP contribution in [0, 0.1) is 0 Å². The normalized spacial score (nSPS) is 11.2. The summed E-state index contributed by atoms with van der Waals surface area (Å²) in [6.45, 7) is 2.37. The number of rotatable bonds is 3. The molecule has 3 rings (SSSR count). The number of hydrogen-bond acceptors (Lipinski definition) is 4. The van der Waals surface area contributed by atoms with Gasteiger partial charge in [0.15, 0.2) is 0 Å². The quantitative estimate of drug-likeness (QED) is 0.725. The fraction of sp³-hybridized carbons (Fsp3) is 0.286. The first-order valence-corrected chi connectivity index (χ1v) is 7.44. The van der Waals surface area contributed by atoms with Gasteiger partial charge in [-0.25, -0.2) is 4.68 Å². The van der Waals surface area contributed by atoms with Crippen molar-refractivity contribution in [3.8, 4) is 0 Å². The molecule has 0 unspecified atom stereocenters.